The van der Waals surface area contributed by atoms with E-state index < -0.39 is 0 Å². The second kappa shape index (κ2) is 8.84. The monoisotopic (exact) mass is 380 g/mol. The Bertz CT molecular complexity index is 912. The first-order chi connectivity index (χ1) is 13.5. The molecule has 0 bridgehead atoms. The lowest BCUT2D eigenvalue weighted by Gasteiger charge is -2.26. The molecule has 1 aromatic heterocycles. The number of rotatable bonds is 7. The molecule has 28 heavy (non-hydrogen) atoms. The second-order valence-corrected chi connectivity index (χ2v) is 7.04. The Labute approximate surface area is 166 Å². The van der Waals surface area contributed by atoms with Gasteiger partial charge in [-0.3, -0.25) is 4.68 Å². The molecule has 0 atom stereocenters. The molecule has 0 aliphatic carbocycles. The number of likely N-dealkylation sites (N-methyl/N-ethyl adjacent to an activating group) is 1. The van der Waals surface area contributed by atoms with Gasteiger partial charge in [0.15, 0.2) is 11.6 Å². The van der Waals surface area contributed by atoms with Crippen LogP contribution in [0.15, 0.2) is 46.2 Å². The fraction of sp³-hybridized carbons (Fsp3) is 0.381. The fourth-order valence-corrected chi connectivity index (χ4v) is 3.41. The van der Waals surface area contributed by atoms with Gasteiger partial charge in [0.05, 0.1) is 12.4 Å². The van der Waals surface area contributed by atoms with Crippen LogP contribution in [0.3, 0.4) is 0 Å². The molecule has 0 unspecified atom stereocenters. The SMILES string of the molecule is C=N/C(Oc1cnn(CC)c1)=C(N)\N=C/Cc1cc(C)c2c(c1)CN(C)CC2. The molecule has 0 fully saturated rings. The number of hydrogen-bond acceptors (Lipinski definition) is 6. The summed E-state index contributed by atoms with van der Waals surface area (Å²) in [5.74, 6) is 0.917. The third-order valence-corrected chi connectivity index (χ3v) is 4.88. The Balaban J connectivity index is 1.70. The molecule has 0 radical (unpaired) electrons. The third kappa shape index (κ3) is 4.67. The number of aliphatic imine (C=N–C) groups is 2. The van der Waals surface area contributed by atoms with E-state index in [1.807, 2.05) is 6.92 Å². The van der Waals surface area contributed by atoms with Crippen LogP contribution in [-0.4, -0.2) is 41.2 Å². The molecule has 0 saturated carbocycles. The van der Waals surface area contributed by atoms with Crippen LogP contribution < -0.4 is 10.5 Å². The number of hydrogen-bond donors (Lipinski definition) is 1. The van der Waals surface area contributed by atoms with Crippen molar-refractivity contribution in [2.45, 2.75) is 39.8 Å². The summed E-state index contributed by atoms with van der Waals surface area (Å²) in [7, 11) is 2.16. The molecule has 2 heterocycles. The molecule has 3 rings (SSSR count). The Kier molecular flexibility index (Phi) is 6.26. The van der Waals surface area contributed by atoms with E-state index in [0.717, 1.165) is 26.1 Å². The summed E-state index contributed by atoms with van der Waals surface area (Å²) >= 11 is 0. The molecule has 0 saturated heterocycles. The van der Waals surface area contributed by atoms with Crippen LogP contribution in [0.4, 0.5) is 0 Å². The van der Waals surface area contributed by atoms with E-state index >= 15 is 0 Å². The van der Waals surface area contributed by atoms with Crippen molar-refractivity contribution in [1.82, 2.24) is 14.7 Å². The van der Waals surface area contributed by atoms with Crippen LogP contribution in [0, 0.1) is 6.92 Å². The van der Waals surface area contributed by atoms with Crippen molar-refractivity contribution in [1.29, 1.82) is 0 Å². The summed E-state index contributed by atoms with van der Waals surface area (Å²) in [6.07, 6.45) is 6.97. The summed E-state index contributed by atoms with van der Waals surface area (Å²) in [5, 5.41) is 4.16. The van der Waals surface area contributed by atoms with Crippen LogP contribution in [0.2, 0.25) is 0 Å². The van der Waals surface area contributed by atoms with Crippen molar-refractivity contribution in [2.24, 2.45) is 15.7 Å². The maximum Gasteiger partial charge on any atom is 0.262 e. The van der Waals surface area contributed by atoms with E-state index in [4.69, 9.17) is 10.5 Å². The van der Waals surface area contributed by atoms with Gasteiger partial charge in [0.2, 0.25) is 0 Å². The van der Waals surface area contributed by atoms with Crippen molar-refractivity contribution < 1.29 is 4.74 Å². The quantitative estimate of drug-likeness (QED) is 0.591. The van der Waals surface area contributed by atoms with Crippen molar-refractivity contribution in [3.8, 4) is 5.75 Å². The van der Waals surface area contributed by atoms with Crippen LogP contribution in [0.5, 0.6) is 5.75 Å². The number of benzene rings is 1. The van der Waals surface area contributed by atoms with Gasteiger partial charge in [-0.15, -0.1) is 0 Å². The maximum absolute atomic E-state index is 6.03. The normalized spacial score (nSPS) is 15.4. The molecule has 1 aliphatic rings. The van der Waals surface area contributed by atoms with Gasteiger partial charge in [-0.2, -0.15) is 5.10 Å². The highest BCUT2D eigenvalue weighted by Gasteiger charge is 2.15. The standard InChI is InChI=1S/C21H28N6O/c1-5-27-14-18(12-25-27)28-21(23-3)20(22)24-8-6-16-10-15(2)19-7-9-26(4)13-17(19)11-16/h8,10-12,14H,3,5-7,9,13,22H2,1-2,4H3/b21-20+,24-8-. The topological polar surface area (TPSA) is 81.0 Å². The highest BCUT2D eigenvalue weighted by molar-refractivity contribution is 5.63. The predicted molar refractivity (Wildman–Crippen MR) is 113 cm³/mol. The lowest BCUT2D eigenvalue weighted by molar-refractivity contribution is 0.312. The Hall–Kier alpha value is -2.93. The molecule has 148 valence electrons. The minimum Gasteiger partial charge on any atom is -0.433 e. The predicted octanol–water partition coefficient (Wildman–Crippen LogP) is 2.68. The molecule has 7 heteroatoms. The lowest BCUT2D eigenvalue weighted by Crippen LogP contribution is -2.27. The van der Waals surface area contributed by atoms with Gasteiger partial charge < -0.3 is 15.4 Å². The zero-order chi connectivity index (χ0) is 20.1. The van der Waals surface area contributed by atoms with Crippen LogP contribution in [-0.2, 0) is 25.9 Å². The number of aryl methyl sites for hydroxylation is 2. The average molecular weight is 380 g/mol. The van der Waals surface area contributed by atoms with Crippen LogP contribution in [0.1, 0.15) is 29.2 Å². The summed E-state index contributed by atoms with van der Waals surface area (Å²) in [4.78, 5) is 10.5. The first kappa shape index (κ1) is 19.8. The lowest BCUT2D eigenvalue weighted by atomic mass is 9.92. The van der Waals surface area contributed by atoms with E-state index in [1.165, 1.54) is 22.3 Å². The summed E-state index contributed by atoms with van der Waals surface area (Å²) in [6, 6.07) is 4.50. The highest BCUT2D eigenvalue weighted by Crippen LogP contribution is 2.23. The molecule has 1 aromatic carbocycles. The van der Waals surface area contributed by atoms with E-state index in [9.17, 15) is 0 Å². The molecule has 1 aliphatic heterocycles. The van der Waals surface area contributed by atoms with E-state index in [1.54, 1.807) is 23.3 Å². The summed E-state index contributed by atoms with van der Waals surface area (Å²) in [6.45, 7) is 10.6. The molecular weight excluding hydrogens is 352 g/mol. The molecule has 2 aromatic rings. The van der Waals surface area contributed by atoms with Gasteiger partial charge in [0.1, 0.15) is 0 Å². The molecule has 7 nitrogen and oxygen atoms in total. The smallest absolute Gasteiger partial charge is 0.262 e. The van der Waals surface area contributed by atoms with Gasteiger partial charge in [-0.05, 0) is 56.3 Å². The van der Waals surface area contributed by atoms with E-state index in [2.05, 4.69) is 52.8 Å². The number of ether oxygens (including phenoxy) is 1. The molecular formula is C21H28N6O. The zero-order valence-electron chi connectivity index (χ0n) is 16.9. The second-order valence-electron chi connectivity index (χ2n) is 7.04. The van der Waals surface area contributed by atoms with Crippen LogP contribution >= 0.6 is 0 Å². The average Bonchev–Trinajstić information content (AvgIpc) is 3.13. The summed E-state index contributed by atoms with van der Waals surface area (Å²) < 4.78 is 7.39. The number of fused-ring (bicyclic) bond motifs is 1. The first-order valence-corrected chi connectivity index (χ1v) is 9.49. The molecule has 0 amide bonds. The van der Waals surface area contributed by atoms with E-state index in [-0.39, 0.29) is 11.7 Å². The van der Waals surface area contributed by atoms with Crippen molar-refractivity contribution >= 4 is 12.9 Å². The Morgan fingerprint density at radius 1 is 1.43 bits per heavy atom. The van der Waals surface area contributed by atoms with Crippen molar-refractivity contribution in [2.75, 3.05) is 13.6 Å². The minimum atomic E-state index is 0.176. The highest BCUT2D eigenvalue weighted by atomic mass is 16.5. The van der Waals surface area contributed by atoms with Gasteiger partial charge in [0.25, 0.3) is 5.88 Å². The number of nitrogens with two attached hydrogens (primary N) is 1. The van der Waals surface area contributed by atoms with Gasteiger partial charge >= 0.3 is 0 Å². The number of aromatic nitrogens is 2. The van der Waals surface area contributed by atoms with Gasteiger partial charge in [-0.25, -0.2) is 9.98 Å². The van der Waals surface area contributed by atoms with Crippen LogP contribution in [0.25, 0.3) is 0 Å². The van der Waals surface area contributed by atoms with Crippen molar-refractivity contribution in [3.05, 3.63) is 58.5 Å². The Morgan fingerprint density at radius 2 is 2.25 bits per heavy atom. The van der Waals surface area contributed by atoms with Gasteiger partial charge in [-0.1, -0.05) is 12.1 Å². The third-order valence-electron chi connectivity index (χ3n) is 4.88. The number of nitrogens with zero attached hydrogens (tertiary/aromatic N) is 5. The Morgan fingerprint density at radius 3 is 2.96 bits per heavy atom. The first-order valence-electron chi connectivity index (χ1n) is 9.49. The zero-order valence-corrected chi connectivity index (χ0v) is 16.9. The summed E-state index contributed by atoms with van der Waals surface area (Å²) in [5.41, 5.74) is 11.5. The van der Waals surface area contributed by atoms with E-state index in [0.29, 0.717) is 12.2 Å². The molecule has 2 N–H and O–H groups in total. The molecule has 0 spiro atoms. The maximum atomic E-state index is 6.03. The largest absolute Gasteiger partial charge is 0.433 e. The van der Waals surface area contributed by atoms with Crippen molar-refractivity contribution in [3.63, 3.8) is 0 Å². The minimum absolute atomic E-state index is 0.176. The van der Waals surface area contributed by atoms with Gasteiger partial charge in [0, 0.05) is 32.3 Å². The fourth-order valence-electron chi connectivity index (χ4n) is 3.41.